The smallest absolute Gasteiger partial charge is 0.387 e. The van der Waals surface area contributed by atoms with Crippen LogP contribution in [0.2, 0.25) is 0 Å². The number of nitrogens with zero attached hydrogens (tertiary/aromatic N) is 2. The molecule has 2 N–H and O–H groups in total. The van der Waals surface area contributed by atoms with Gasteiger partial charge in [-0.2, -0.15) is 8.78 Å². The van der Waals surface area contributed by atoms with Crippen molar-refractivity contribution in [2.75, 3.05) is 26.7 Å². The number of likely N-dealkylation sites (N-methyl/N-ethyl adjacent to an activating group) is 1. The van der Waals surface area contributed by atoms with E-state index in [1.807, 2.05) is 6.92 Å². The highest BCUT2D eigenvalue weighted by Crippen LogP contribution is 2.33. The lowest BCUT2D eigenvalue weighted by molar-refractivity contribution is -0.0520. The Morgan fingerprint density at radius 2 is 2.00 bits per heavy atom. The molecule has 1 aromatic carbocycles. The predicted octanol–water partition coefficient (Wildman–Crippen LogP) is 3.84. The highest BCUT2D eigenvalue weighted by molar-refractivity contribution is 14.0. The third-order valence-corrected chi connectivity index (χ3v) is 4.70. The van der Waals surface area contributed by atoms with Crippen molar-refractivity contribution >= 4 is 29.9 Å². The van der Waals surface area contributed by atoms with Crippen LogP contribution in [0.25, 0.3) is 0 Å². The predicted molar refractivity (Wildman–Crippen MR) is 123 cm³/mol. The van der Waals surface area contributed by atoms with Crippen molar-refractivity contribution in [2.24, 2.45) is 4.99 Å². The molecule has 1 fully saturated rings. The van der Waals surface area contributed by atoms with E-state index in [0.717, 1.165) is 6.54 Å². The standard InChI is InChI=1S/C20H32F2N4O2.HI/c1-5-23-20(24-12-14(3)26(4)16-10-11-16)25-13-15-8-7-9-17(27-6-2)18(15)28-19(21)22;/h7-9,14,16,19H,5-6,10-13H2,1-4H3,(H2,23,24,25);1H. The summed E-state index contributed by atoms with van der Waals surface area (Å²) in [6, 6.07) is 6.15. The Balaban J connectivity index is 0.00000420. The van der Waals surface area contributed by atoms with E-state index in [0.29, 0.717) is 42.5 Å². The lowest BCUT2D eigenvalue weighted by Gasteiger charge is -2.25. The fourth-order valence-electron chi connectivity index (χ4n) is 2.91. The molecule has 1 unspecified atom stereocenters. The number of hydrogen-bond donors (Lipinski definition) is 2. The molecule has 0 aliphatic heterocycles. The van der Waals surface area contributed by atoms with E-state index in [1.165, 1.54) is 12.8 Å². The van der Waals surface area contributed by atoms with Gasteiger partial charge in [-0.25, -0.2) is 4.99 Å². The number of ether oxygens (including phenoxy) is 2. The molecule has 2 rings (SSSR count). The molecule has 1 aromatic rings. The van der Waals surface area contributed by atoms with Crippen molar-refractivity contribution in [2.45, 2.75) is 58.9 Å². The highest BCUT2D eigenvalue weighted by atomic mass is 127. The Kier molecular flexibility index (Phi) is 11.6. The minimum atomic E-state index is -2.92. The Morgan fingerprint density at radius 1 is 1.28 bits per heavy atom. The molecule has 1 aliphatic rings. The lowest BCUT2D eigenvalue weighted by atomic mass is 10.2. The Labute approximate surface area is 189 Å². The summed E-state index contributed by atoms with van der Waals surface area (Å²) in [6.45, 7) is 5.05. The van der Waals surface area contributed by atoms with E-state index in [4.69, 9.17) is 9.47 Å². The number of alkyl halides is 2. The fraction of sp³-hybridized carbons (Fsp3) is 0.650. The zero-order valence-electron chi connectivity index (χ0n) is 17.6. The van der Waals surface area contributed by atoms with E-state index >= 15 is 0 Å². The minimum Gasteiger partial charge on any atom is -0.490 e. The number of guanidine groups is 1. The highest BCUT2D eigenvalue weighted by Gasteiger charge is 2.29. The second-order valence-corrected chi connectivity index (χ2v) is 6.88. The number of halogens is 3. The fourth-order valence-corrected chi connectivity index (χ4v) is 2.91. The van der Waals surface area contributed by atoms with Crippen LogP contribution in [0.4, 0.5) is 8.78 Å². The van der Waals surface area contributed by atoms with Crippen molar-refractivity contribution in [1.29, 1.82) is 0 Å². The zero-order valence-corrected chi connectivity index (χ0v) is 19.9. The maximum atomic E-state index is 12.9. The van der Waals surface area contributed by atoms with E-state index in [2.05, 4.69) is 34.5 Å². The van der Waals surface area contributed by atoms with E-state index in [9.17, 15) is 8.78 Å². The minimum absolute atomic E-state index is 0. The first-order valence-electron chi connectivity index (χ1n) is 9.89. The average Bonchev–Trinajstić information content (AvgIpc) is 3.50. The van der Waals surface area contributed by atoms with Crippen LogP contribution in [0, 0.1) is 0 Å². The molecule has 1 saturated carbocycles. The summed E-state index contributed by atoms with van der Waals surface area (Å²) in [5.74, 6) is 0.984. The molecule has 29 heavy (non-hydrogen) atoms. The Hall–Kier alpha value is -1.36. The van der Waals surface area contributed by atoms with Gasteiger partial charge in [0.2, 0.25) is 0 Å². The number of benzene rings is 1. The number of nitrogens with one attached hydrogen (secondary N) is 2. The van der Waals surface area contributed by atoms with E-state index in [-0.39, 0.29) is 36.3 Å². The molecule has 9 heteroatoms. The lowest BCUT2D eigenvalue weighted by Crippen LogP contribution is -2.45. The molecular formula is C20H33F2IN4O2. The third kappa shape index (κ3) is 8.49. The van der Waals surface area contributed by atoms with Gasteiger partial charge in [-0.1, -0.05) is 12.1 Å². The second-order valence-electron chi connectivity index (χ2n) is 6.88. The summed E-state index contributed by atoms with van der Waals surface area (Å²) in [7, 11) is 2.14. The van der Waals surface area contributed by atoms with Gasteiger partial charge in [-0.3, -0.25) is 4.90 Å². The first-order valence-corrected chi connectivity index (χ1v) is 9.89. The van der Waals surface area contributed by atoms with Gasteiger partial charge in [0, 0.05) is 30.7 Å². The van der Waals surface area contributed by atoms with Gasteiger partial charge in [-0.05, 0) is 46.7 Å². The summed E-state index contributed by atoms with van der Waals surface area (Å²) in [5, 5.41) is 6.52. The van der Waals surface area contributed by atoms with E-state index < -0.39 is 6.61 Å². The quantitative estimate of drug-likeness (QED) is 0.261. The van der Waals surface area contributed by atoms with Crippen molar-refractivity contribution in [3.63, 3.8) is 0 Å². The monoisotopic (exact) mass is 526 g/mol. The summed E-state index contributed by atoms with van der Waals surface area (Å²) in [4.78, 5) is 6.91. The maximum absolute atomic E-state index is 12.9. The number of hydrogen-bond acceptors (Lipinski definition) is 4. The largest absolute Gasteiger partial charge is 0.490 e. The van der Waals surface area contributed by atoms with Crippen LogP contribution in [0.15, 0.2) is 23.2 Å². The van der Waals surface area contributed by atoms with Crippen LogP contribution in [0.3, 0.4) is 0 Å². The first-order chi connectivity index (χ1) is 13.5. The Bertz CT molecular complexity index is 645. The molecule has 0 aromatic heterocycles. The van der Waals surface area contributed by atoms with Gasteiger partial charge in [0.05, 0.1) is 13.2 Å². The number of aliphatic imine (C=N–C) groups is 1. The molecule has 166 valence electrons. The van der Waals surface area contributed by atoms with Crippen LogP contribution >= 0.6 is 24.0 Å². The molecule has 0 saturated heterocycles. The van der Waals surface area contributed by atoms with Crippen molar-refractivity contribution in [3.05, 3.63) is 23.8 Å². The molecule has 0 amide bonds. The molecular weight excluding hydrogens is 493 g/mol. The SMILES string of the molecule is CCNC(=NCc1cccc(OCC)c1OC(F)F)NCC(C)N(C)C1CC1.I. The first kappa shape index (κ1) is 25.7. The summed E-state index contributed by atoms with van der Waals surface area (Å²) < 4.78 is 35.8. The summed E-state index contributed by atoms with van der Waals surface area (Å²) >= 11 is 0. The van der Waals surface area contributed by atoms with Crippen molar-refractivity contribution < 1.29 is 18.3 Å². The van der Waals surface area contributed by atoms with Crippen molar-refractivity contribution in [3.8, 4) is 11.5 Å². The third-order valence-electron chi connectivity index (χ3n) is 4.70. The van der Waals surface area contributed by atoms with Crippen molar-refractivity contribution in [1.82, 2.24) is 15.5 Å². The number of para-hydroxylation sites is 1. The average molecular weight is 526 g/mol. The Morgan fingerprint density at radius 3 is 2.59 bits per heavy atom. The van der Waals surface area contributed by atoms with Gasteiger partial charge < -0.3 is 20.1 Å². The van der Waals surface area contributed by atoms with Gasteiger partial charge >= 0.3 is 6.61 Å². The zero-order chi connectivity index (χ0) is 20.5. The van der Waals surface area contributed by atoms with Crippen LogP contribution in [-0.4, -0.2) is 56.3 Å². The molecule has 0 radical (unpaired) electrons. The van der Waals surface area contributed by atoms with Gasteiger partial charge in [0.1, 0.15) is 0 Å². The topological polar surface area (TPSA) is 58.1 Å². The molecule has 1 aliphatic carbocycles. The normalized spacial score (nSPS) is 15.1. The van der Waals surface area contributed by atoms with Crippen LogP contribution in [0.5, 0.6) is 11.5 Å². The van der Waals surface area contributed by atoms with Crippen LogP contribution < -0.4 is 20.1 Å². The molecule has 0 bridgehead atoms. The van der Waals surface area contributed by atoms with Gasteiger partial charge in [0.15, 0.2) is 17.5 Å². The molecule has 6 nitrogen and oxygen atoms in total. The van der Waals surface area contributed by atoms with Crippen LogP contribution in [-0.2, 0) is 6.54 Å². The molecule has 1 atom stereocenters. The summed E-state index contributed by atoms with van der Waals surface area (Å²) in [6.07, 6.45) is 2.52. The number of rotatable bonds is 11. The van der Waals surface area contributed by atoms with Gasteiger partial charge in [0.25, 0.3) is 0 Å². The molecule has 0 spiro atoms. The van der Waals surface area contributed by atoms with E-state index in [1.54, 1.807) is 25.1 Å². The maximum Gasteiger partial charge on any atom is 0.387 e. The summed E-state index contributed by atoms with van der Waals surface area (Å²) in [5.41, 5.74) is 0.548. The molecule has 0 heterocycles. The van der Waals surface area contributed by atoms with Gasteiger partial charge in [-0.15, -0.1) is 24.0 Å². The van der Waals surface area contributed by atoms with Crippen LogP contribution in [0.1, 0.15) is 39.2 Å². The second kappa shape index (κ2) is 13.0.